The van der Waals surface area contributed by atoms with Crippen molar-refractivity contribution in [2.75, 3.05) is 25.0 Å². The van der Waals surface area contributed by atoms with Gasteiger partial charge in [0.2, 0.25) is 5.95 Å². The van der Waals surface area contributed by atoms with Crippen molar-refractivity contribution < 1.29 is 9.84 Å². The molecule has 4 rings (SSSR count). The van der Waals surface area contributed by atoms with E-state index in [2.05, 4.69) is 32.3 Å². The van der Waals surface area contributed by atoms with E-state index in [0.717, 1.165) is 64.0 Å². The van der Waals surface area contributed by atoms with Crippen molar-refractivity contribution >= 4 is 5.95 Å². The lowest BCUT2D eigenvalue weighted by molar-refractivity contribution is -0.177. The van der Waals surface area contributed by atoms with E-state index in [9.17, 15) is 5.11 Å². The van der Waals surface area contributed by atoms with Gasteiger partial charge in [-0.3, -0.25) is 4.90 Å². The van der Waals surface area contributed by atoms with Gasteiger partial charge in [0.15, 0.2) is 0 Å². The van der Waals surface area contributed by atoms with Crippen molar-refractivity contribution in [1.82, 2.24) is 14.9 Å². The average Bonchev–Trinajstić information content (AvgIpc) is 2.72. The number of aliphatic hydroxyl groups excluding tert-OH is 1. The minimum Gasteiger partial charge on any atom is -0.390 e. The maximum atomic E-state index is 10.4. The Balaban J connectivity index is 1.27. The van der Waals surface area contributed by atoms with Gasteiger partial charge in [-0.25, -0.2) is 9.97 Å². The molecule has 144 valence electrons. The number of nitrogens with zero attached hydrogens (tertiary/aromatic N) is 3. The second-order valence-corrected chi connectivity index (χ2v) is 7.60. The summed E-state index contributed by atoms with van der Waals surface area (Å²) in [6, 6.07) is 10.2. The highest BCUT2D eigenvalue weighted by molar-refractivity contribution is 5.27. The van der Waals surface area contributed by atoms with Crippen molar-refractivity contribution in [3.05, 3.63) is 53.9 Å². The monoisotopic (exact) mass is 368 g/mol. The molecule has 2 aliphatic rings. The first-order valence-corrected chi connectivity index (χ1v) is 9.87. The summed E-state index contributed by atoms with van der Waals surface area (Å²) in [5, 5.41) is 13.6. The maximum absolute atomic E-state index is 10.4. The highest BCUT2D eigenvalue weighted by Gasteiger charge is 2.43. The van der Waals surface area contributed by atoms with Gasteiger partial charge in [-0.1, -0.05) is 30.3 Å². The summed E-state index contributed by atoms with van der Waals surface area (Å²) < 4.78 is 5.99. The van der Waals surface area contributed by atoms with Gasteiger partial charge in [0.05, 0.1) is 11.7 Å². The van der Waals surface area contributed by atoms with Gasteiger partial charge in [0.25, 0.3) is 0 Å². The molecule has 0 aliphatic carbocycles. The Bertz CT molecular complexity index is 715. The molecule has 1 aromatic carbocycles. The molecular weight excluding hydrogens is 340 g/mol. The summed E-state index contributed by atoms with van der Waals surface area (Å²) in [7, 11) is 0. The van der Waals surface area contributed by atoms with Crippen molar-refractivity contribution in [2.24, 2.45) is 0 Å². The number of hydrogen-bond acceptors (Lipinski definition) is 6. The van der Waals surface area contributed by atoms with Crippen LogP contribution in [0, 0.1) is 0 Å². The fourth-order valence-corrected chi connectivity index (χ4v) is 4.04. The van der Waals surface area contributed by atoms with Gasteiger partial charge in [0.1, 0.15) is 0 Å². The molecule has 0 radical (unpaired) electrons. The van der Waals surface area contributed by atoms with Gasteiger partial charge in [-0.15, -0.1) is 0 Å². The first-order chi connectivity index (χ1) is 13.2. The molecule has 6 nitrogen and oxygen atoms in total. The maximum Gasteiger partial charge on any atom is 0.222 e. The summed E-state index contributed by atoms with van der Waals surface area (Å²) in [5.74, 6) is 0.652. The number of ether oxygens (including phenoxy) is 1. The number of rotatable bonds is 5. The van der Waals surface area contributed by atoms with Gasteiger partial charge in [-0.05, 0) is 31.2 Å². The van der Waals surface area contributed by atoms with E-state index < -0.39 is 0 Å². The number of nitrogens with one attached hydrogen (secondary N) is 1. The third-order valence-electron chi connectivity index (χ3n) is 5.73. The molecule has 0 saturated carbocycles. The smallest absolute Gasteiger partial charge is 0.222 e. The Morgan fingerprint density at radius 1 is 1.11 bits per heavy atom. The highest BCUT2D eigenvalue weighted by Crippen LogP contribution is 2.35. The van der Waals surface area contributed by atoms with E-state index in [1.165, 1.54) is 5.56 Å². The number of likely N-dealkylation sites (tertiary alicyclic amines) is 1. The molecule has 0 bridgehead atoms. The van der Waals surface area contributed by atoms with E-state index >= 15 is 0 Å². The van der Waals surface area contributed by atoms with Crippen molar-refractivity contribution in [3.8, 4) is 0 Å². The van der Waals surface area contributed by atoms with E-state index in [4.69, 9.17) is 4.74 Å². The van der Waals surface area contributed by atoms with Crippen LogP contribution >= 0.6 is 0 Å². The number of benzene rings is 1. The SMILES string of the molecule is O[C@H]1CCCOC12CCN(Cc1cnc(NCc3ccccc3)nc1)CC2. The second kappa shape index (κ2) is 8.33. The van der Waals surface area contributed by atoms with Crippen LogP contribution < -0.4 is 5.32 Å². The molecule has 27 heavy (non-hydrogen) atoms. The zero-order valence-electron chi connectivity index (χ0n) is 15.7. The zero-order valence-corrected chi connectivity index (χ0v) is 15.7. The number of aromatic nitrogens is 2. The predicted molar refractivity (Wildman–Crippen MR) is 104 cm³/mol. The summed E-state index contributed by atoms with van der Waals surface area (Å²) in [6.45, 7) is 4.21. The molecular formula is C21H28N4O2. The summed E-state index contributed by atoms with van der Waals surface area (Å²) in [5.41, 5.74) is 2.01. The van der Waals surface area contributed by atoms with E-state index in [0.29, 0.717) is 5.95 Å². The first kappa shape index (κ1) is 18.3. The molecule has 2 saturated heterocycles. The van der Waals surface area contributed by atoms with Crippen LogP contribution in [0.4, 0.5) is 5.95 Å². The fraction of sp³-hybridized carbons (Fsp3) is 0.524. The topological polar surface area (TPSA) is 70.5 Å². The predicted octanol–water partition coefficient (Wildman–Crippen LogP) is 2.59. The van der Waals surface area contributed by atoms with Gasteiger partial charge < -0.3 is 15.2 Å². The van der Waals surface area contributed by atoms with Crippen LogP contribution in [-0.4, -0.2) is 51.4 Å². The Labute approximate surface area is 160 Å². The number of anilines is 1. The van der Waals surface area contributed by atoms with E-state index in [-0.39, 0.29) is 11.7 Å². The standard InChI is InChI=1S/C21H28N4O2/c26-19-7-4-12-27-21(19)8-10-25(11-9-21)16-18-14-23-20(24-15-18)22-13-17-5-2-1-3-6-17/h1-3,5-6,14-15,19,26H,4,7-13,16H2,(H,22,23,24)/t19-/m0/s1. The van der Waals surface area contributed by atoms with Crippen molar-refractivity contribution in [2.45, 2.75) is 50.5 Å². The van der Waals surface area contributed by atoms with Crippen molar-refractivity contribution in [3.63, 3.8) is 0 Å². The van der Waals surface area contributed by atoms with Crippen LogP contribution in [0.25, 0.3) is 0 Å². The molecule has 6 heteroatoms. The Kier molecular flexibility index (Phi) is 5.66. The first-order valence-electron chi connectivity index (χ1n) is 9.87. The molecule has 2 N–H and O–H groups in total. The number of aliphatic hydroxyl groups is 1. The van der Waals surface area contributed by atoms with Crippen LogP contribution in [0.15, 0.2) is 42.7 Å². The molecule has 1 atom stereocenters. The largest absolute Gasteiger partial charge is 0.390 e. The van der Waals surface area contributed by atoms with Crippen LogP contribution in [0.5, 0.6) is 0 Å². The summed E-state index contributed by atoms with van der Waals surface area (Å²) in [4.78, 5) is 11.3. The quantitative estimate of drug-likeness (QED) is 0.845. The third-order valence-corrected chi connectivity index (χ3v) is 5.73. The Morgan fingerprint density at radius 2 is 1.85 bits per heavy atom. The van der Waals surface area contributed by atoms with Crippen LogP contribution in [-0.2, 0) is 17.8 Å². The second-order valence-electron chi connectivity index (χ2n) is 7.60. The van der Waals surface area contributed by atoms with Crippen LogP contribution in [0.2, 0.25) is 0 Å². The molecule has 3 heterocycles. The van der Waals surface area contributed by atoms with Gasteiger partial charge in [-0.2, -0.15) is 0 Å². The molecule has 0 unspecified atom stereocenters. The fourth-order valence-electron chi connectivity index (χ4n) is 4.04. The lowest BCUT2D eigenvalue weighted by Crippen LogP contribution is -2.55. The molecule has 0 amide bonds. The molecule has 2 fully saturated rings. The van der Waals surface area contributed by atoms with Gasteiger partial charge in [0, 0.05) is 50.7 Å². The zero-order chi connectivity index (χ0) is 18.5. The minimum absolute atomic E-state index is 0.309. The van der Waals surface area contributed by atoms with E-state index in [1.807, 2.05) is 30.6 Å². The Hall–Kier alpha value is -2.02. The van der Waals surface area contributed by atoms with Crippen LogP contribution in [0.3, 0.4) is 0 Å². The molecule has 2 aromatic rings. The number of piperidine rings is 1. The normalized spacial score (nSPS) is 22.6. The lowest BCUT2D eigenvalue weighted by atomic mass is 9.82. The van der Waals surface area contributed by atoms with Crippen molar-refractivity contribution in [1.29, 1.82) is 0 Å². The Morgan fingerprint density at radius 3 is 2.56 bits per heavy atom. The molecule has 2 aliphatic heterocycles. The molecule has 1 aromatic heterocycles. The lowest BCUT2D eigenvalue weighted by Gasteiger charge is -2.46. The van der Waals surface area contributed by atoms with Gasteiger partial charge >= 0.3 is 0 Å². The van der Waals surface area contributed by atoms with E-state index in [1.54, 1.807) is 0 Å². The summed E-state index contributed by atoms with van der Waals surface area (Å²) >= 11 is 0. The summed E-state index contributed by atoms with van der Waals surface area (Å²) in [6.07, 6.45) is 7.11. The third kappa shape index (κ3) is 4.46. The highest BCUT2D eigenvalue weighted by atomic mass is 16.5. The number of hydrogen-bond donors (Lipinski definition) is 2. The molecule has 1 spiro atoms. The average molecular weight is 368 g/mol. The minimum atomic E-state index is -0.313. The van der Waals surface area contributed by atoms with Crippen LogP contribution in [0.1, 0.15) is 36.8 Å².